The van der Waals surface area contributed by atoms with E-state index in [1.54, 1.807) is 74.7 Å². The third-order valence-electron chi connectivity index (χ3n) is 5.45. The zero-order chi connectivity index (χ0) is 22.8. The largest absolute Gasteiger partial charge is 0.497 e. The normalized spacial score (nSPS) is 16.1. The van der Waals surface area contributed by atoms with E-state index in [1.807, 2.05) is 0 Å². The van der Waals surface area contributed by atoms with Crippen LogP contribution in [0.1, 0.15) is 12.1 Å². The number of nitrogens with zero attached hydrogens (tertiary/aromatic N) is 3. The number of aromatic amines is 1. The van der Waals surface area contributed by atoms with Gasteiger partial charge in [0.15, 0.2) is 0 Å². The number of nitrogens with one attached hydrogen (secondary N) is 1. The number of carbonyl (C=O) groups excluding carboxylic acids is 2. The van der Waals surface area contributed by atoms with Crippen LogP contribution >= 0.6 is 0 Å². The Kier molecular flexibility index (Phi) is 5.78. The number of rotatable bonds is 7. The van der Waals surface area contributed by atoms with Crippen LogP contribution in [-0.2, 0) is 16.1 Å². The van der Waals surface area contributed by atoms with Crippen molar-refractivity contribution in [1.82, 2.24) is 10.2 Å². The first-order valence-electron chi connectivity index (χ1n) is 9.91. The van der Waals surface area contributed by atoms with Gasteiger partial charge in [-0.1, -0.05) is 0 Å². The average molecular weight is 439 g/mol. The van der Waals surface area contributed by atoms with E-state index in [-0.39, 0.29) is 24.8 Å². The van der Waals surface area contributed by atoms with Crippen LogP contribution in [0, 0.1) is 0 Å². The Labute approximate surface area is 183 Å². The summed E-state index contributed by atoms with van der Waals surface area (Å²) in [5, 5.41) is 2.58. The van der Waals surface area contributed by atoms with Crippen LogP contribution in [0.3, 0.4) is 0 Å². The molecule has 1 aliphatic rings. The number of hydrogen-bond donors (Lipinski definition) is 1. The molecule has 2 amide bonds. The fraction of sp³-hybridized carbons (Fsp3) is 0.273. The maximum Gasteiger partial charge on any atom is 0.431 e. The number of carbonyl (C=O) groups is 2. The van der Waals surface area contributed by atoms with E-state index in [0.29, 0.717) is 28.6 Å². The summed E-state index contributed by atoms with van der Waals surface area (Å²) in [6, 6.07) is 13.0. The second kappa shape index (κ2) is 8.67. The zero-order valence-electron chi connectivity index (χ0n) is 17.9. The minimum atomic E-state index is -0.705. The van der Waals surface area contributed by atoms with Crippen molar-refractivity contribution >= 4 is 17.5 Å². The quantitative estimate of drug-likeness (QED) is 0.433. The summed E-state index contributed by atoms with van der Waals surface area (Å²) < 4.78 is 16.8. The van der Waals surface area contributed by atoms with Gasteiger partial charge in [-0.2, -0.15) is 0 Å². The molecular weight excluding hydrogens is 416 g/mol. The van der Waals surface area contributed by atoms with Crippen LogP contribution in [-0.4, -0.2) is 49.3 Å². The van der Waals surface area contributed by atoms with Gasteiger partial charge in [-0.15, -0.1) is 0 Å². The maximum atomic E-state index is 13.1. The summed E-state index contributed by atoms with van der Waals surface area (Å²) in [5.41, 5.74) is 0.872. The van der Waals surface area contributed by atoms with Crippen LogP contribution < -0.4 is 24.7 Å². The van der Waals surface area contributed by atoms with Gasteiger partial charge in [-0.05, 0) is 53.4 Å². The summed E-state index contributed by atoms with van der Waals surface area (Å²) in [6.45, 7) is 0.0952. The van der Waals surface area contributed by atoms with Crippen LogP contribution in [0.15, 0.2) is 57.8 Å². The van der Waals surface area contributed by atoms with Gasteiger partial charge in [0.25, 0.3) is 5.91 Å². The molecule has 0 aliphatic carbocycles. The van der Waals surface area contributed by atoms with Crippen molar-refractivity contribution in [3.8, 4) is 17.2 Å². The number of imide groups is 1. The van der Waals surface area contributed by atoms with Gasteiger partial charge in [0.2, 0.25) is 11.6 Å². The van der Waals surface area contributed by atoms with E-state index in [0.717, 1.165) is 4.90 Å². The molecule has 1 aromatic heterocycles. The monoisotopic (exact) mass is 439 g/mol. The van der Waals surface area contributed by atoms with E-state index >= 15 is 0 Å². The number of likely N-dealkylation sites (N-methyl/N-ethyl adjacent to an activating group) is 1. The first kappa shape index (κ1) is 21.3. The molecule has 1 saturated heterocycles. The molecule has 2 heterocycles. The number of methoxy groups -OCH3 is 2. The molecule has 2 aromatic carbocycles. The van der Waals surface area contributed by atoms with E-state index in [9.17, 15) is 14.4 Å². The van der Waals surface area contributed by atoms with Gasteiger partial charge in [-0.3, -0.25) is 19.0 Å². The van der Waals surface area contributed by atoms with E-state index < -0.39 is 11.7 Å². The molecule has 1 aliphatic heterocycles. The molecule has 10 nitrogen and oxygen atoms in total. The van der Waals surface area contributed by atoms with Crippen molar-refractivity contribution < 1.29 is 28.3 Å². The molecule has 1 N–H and O–H groups in total. The smallest absolute Gasteiger partial charge is 0.431 e. The number of anilines is 1. The third kappa shape index (κ3) is 3.87. The maximum absolute atomic E-state index is 13.1. The van der Waals surface area contributed by atoms with Gasteiger partial charge in [0, 0.05) is 12.1 Å². The molecule has 10 heteroatoms. The SMILES string of the molecule is COc1ccc(N2C(=O)CC(N(C)Cc3c(=O)o[nH][n+]3-c3ccc(OC)cc3)C2=O)cc1. The molecule has 0 radical (unpaired) electrons. The number of H-pyrrole nitrogens is 1. The number of aromatic nitrogens is 2. The first-order chi connectivity index (χ1) is 15.4. The van der Waals surface area contributed by atoms with Crippen molar-refractivity contribution in [2.75, 3.05) is 26.2 Å². The molecule has 0 saturated carbocycles. The fourth-order valence-corrected chi connectivity index (χ4v) is 3.68. The van der Waals surface area contributed by atoms with Crippen molar-refractivity contribution in [1.29, 1.82) is 0 Å². The minimum absolute atomic E-state index is 0.0135. The second-order valence-corrected chi connectivity index (χ2v) is 7.36. The Morgan fingerprint density at radius 1 is 1.03 bits per heavy atom. The van der Waals surface area contributed by atoms with Crippen LogP contribution in [0.2, 0.25) is 0 Å². The fourth-order valence-electron chi connectivity index (χ4n) is 3.68. The molecule has 1 fully saturated rings. The lowest BCUT2D eigenvalue weighted by molar-refractivity contribution is -0.678. The highest BCUT2D eigenvalue weighted by Gasteiger charge is 2.43. The Hall–Kier alpha value is -3.92. The topological polar surface area (TPSA) is 109 Å². The number of hydrogen-bond acceptors (Lipinski definition) is 7. The summed E-state index contributed by atoms with van der Waals surface area (Å²) in [6.07, 6.45) is 0.0135. The highest BCUT2D eigenvalue weighted by Crippen LogP contribution is 2.27. The molecular formula is C22H23N4O6+. The van der Waals surface area contributed by atoms with Crippen LogP contribution in [0.4, 0.5) is 5.69 Å². The Balaban J connectivity index is 1.55. The van der Waals surface area contributed by atoms with E-state index in [4.69, 9.17) is 14.0 Å². The predicted octanol–water partition coefficient (Wildman–Crippen LogP) is 1.03. The predicted molar refractivity (Wildman–Crippen MR) is 113 cm³/mol. The third-order valence-corrected chi connectivity index (χ3v) is 5.45. The standard InChI is InChI=1S/C22H22N4O6/c1-24(13-19-22(29)32-23-26(19)15-6-10-17(31-3)11-7-15)18-12-20(27)25(21(18)28)14-4-8-16(30-2)9-5-14/h4-11,18H,12-13H2,1-3H3/p+1. The van der Waals surface area contributed by atoms with Crippen LogP contribution in [0.5, 0.6) is 11.5 Å². The summed E-state index contributed by atoms with van der Waals surface area (Å²) in [4.78, 5) is 40.8. The Bertz CT molecular complexity index is 1180. The van der Waals surface area contributed by atoms with Crippen LogP contribution in [0.25, 0.3) is 5.69 Å². The molecule has 0 bridgehead atoms. The second-order valence-electron chi connectivity index (χ2n) is 7.36. The lowest BCUT2D eigenvalue weighted by Gasteiger charge is -2.21. The summed E-state index contributed by atoms with van der Waals surface area (Å²) in [7, 11) is 4.80. The minimum Gasteiger partial charge on any atom is -0.497 e. The van der Waals surface area contributed by atoms with Crippen molar-refractivity contribution in [3.05, 3.63) is 64.6 Å². The lowest BCUT2D eigenvalue weighted by Crippen LogP contribution is -2.45. The molecule has 32 heavy (non-hydrogen) atoms. The first-order valence-corrected chi connectivity index (χ1v) is 9.91. The van der Waals surface area contributed by atoms with E-state index in [2.05, 4.69) is 5.27 Å². The molecule has 4 rings (SSSR count). The van der Waals surface area contributed by atoms with Gasteiger partial charge < -0.3 is 9.47 Å². The molecule has 1 unspecified atom stereocenters. The summed E-state index contributed by atoms with van der Waals surface area (Å²) in [5.74, 6) is 0.649. The van der Waals surface area contributed by atoms with Crippen molar-refractivity contribution in [3.63, 3.8) is 0 Å². The molecule has 166 valence electrons. The average Bonchev–Trinajstić information content (AvgIpc) is 3.32. The summed E-state index contributed by atoms with van der Waals surface area (Å²) >= 11 is 0. The molecule has 0 spiro atoms. The van der Waals surface area contributed by atoms with Gasteiger partial charge in [0.1, 0.15) is 11.5 Å². The number of ether oxygens (including phenoxy) is 2. The van der Waals surface area contributed by atoms with Crippen molar-refractivity contribution in [2.24, 2.45) is 0 Å². The Morgan fingerprint density at radius 2 is 1.62 bits per heavy atom. The van der Waals surface area contributed by atoms with E-state index in [1.165, 1.54) is 4.68 Å². The molecule has 3 aromatic rings. The highest BCUT2D eigenvalue weighted by atomic mass is 16.5. The highest BCUT2D eigenvalue weighted by molar-refractivity contribution is 6.22. The zero-order valence-corrected chi connectivity index (χ0v) is 17.9. The van der Waals surface area contributed by atoms with Gasteiger partial charge in [-0.25, -0.2) is 9.69 Å². The van der Waals surface area contributed by atoms with Crippen molar-refractivity contribution in [2.45, 2.75) is 19.0 Å². The number of benzene rings is 2. The van der Waals surface area contributed by atoms with Gasteiger partial charge in [0.05, 0.1) is 38.9 Å². The Morgan fingerprint density at radius 3 is 2.22 bits per heavy atom. The lowest BCUT2D eigenvalue weighted by atomic mass is 10.2. The molecule has 1 atom stereocenters. The van der Waals surface area contributed by atoms with Gasteiger partial charge >= 0.3 is 11.3 Å². The number of amides is 2.